The van der Waals surface area contributed by atoms with E-state index in [0.717, 1.165) is 18.2 Å². The Bertz CT molecular complexity index is 905. The molecule has 1 aromatic carbocycles. The molecule has 27 heavy (non-hydrogen) atoms. The van der Waals surface area contributed by atoms with Gasteiger partial charge in [0.2, 0.25) is 0 Å². The normalized spacial score (nSPS) is 19.2. The lowest BCUT2D eigenvalue weighted by Gasteiger charge is -2.28. The van der Waals surface area contributed by atoms with Crippen LogP contribution in [0.25, 0.3) is 11.1 Å². The second-order valence-corrected chi connectivity index (χ2v) is 7.02. The Kier molecular flexibility index (Phi) is 5.01. The number of hydrogen-bond acceptors (Lipinski definition) is 4. The van der Waals surface area contributed by atoms with Crippen LogP contribution in [0.2, 0.25) is 5.15 Å². The number of benzene rings is 1. The molecule has 2 heterocycles. The van der Waals surface area contributed by atoms with Gasteiger partial charge in [0, 0.05) is 30.9 Å². The number of carbonyl (C=O) groups excluding carboxylic acids is 1. The molecular formula is C18H16ClF2N3O3. The summed E-state index contributed by atoms with van der Waals surface area (Å²) in [5.74, 6) is -1.58. The van der Waals surface area contributed by atoms with Crippen molar-refractivity contribution in [3.63, 3.8) is 0 Å². The lowest BCUT2D eigenvalue weighted by molar-refractivity contribution is 0.112. The number of hydrogen-bond donors (Lipinski definition) is 2. The largest absolute Gasteiger partial charge is 0.465 e. The first-order chi connectivity index (χ1) is 12.7. The third-order valence-electron chi connectivity index (χ3n) is 4.51. The predicted octanol–water partition coefficient (Wildman–Crippen LogP) is 3.73. The fourth-order valence-corrected chi connectivity index (χ4v) is 3.63. The monoisotopic (exact) mass is 395 g/mol. The van der Waals surface area contributed by atoms with E-state index in [1.807, 2.05) is 0 Å². The van der Waals surface area contributed by atoms with E-state index in [4.69, 9.17) is 16.7 Å². The molecule has 1 aliphatic rings. The van der Waals surface area contributed by atoms with E-state index in [1.165, 1.54) is 6.20 Å². The van der Waals surface area contributed by atoms with Crippen molar-refractivity contribution < 1.29 is 23.5 Å². The van der Waals surface area contributed by atoms with Gasteiger partial charge in [-0.15, -0.1) is 0 Å². The fraction of sp³-hybridized carbons (Fsp3) is 0.278. The lowest BCUT2D eigenvalue weighted by atomic mass is 10.0. The molecule has 1 aromatic heterocycles. The van der Waals surface area contributed by atoms with Crippen molar-refractivity contribution in [2.45, 2.75) is 18.9 Å². The molecule has 0 bridgehead atoms. The van der Waals surface area contributed by atoms with Crippen LogP contribution in [-0.2, 0) is 0 Å². The van der Waals surface area contributed by atoms with E-state index >= 15 is 0 Å². The summed E-state index contributed by atoms with van der Waals surface area (Å²) in [7, 11) is 0. The first kappa shape index (κ1) is 19.0. The van der Waals surface area contributed by atoms with Gasteiger partial charge in [0.1, 0.15) is 16.8 Å². The van der Waals surface area contributed by atoms with Crippen LogP contribution in [0.4, 0.5) is 19.3 Å². The van der Waals surface area contributed by atoms with Crippen molar-refractivity contribution in [3.8, 4) is 11.1 Å². The molecule has 3 rings (SSSR count). The van der Waals surface area contributed by atoms with E-state index in [2.05, 4.69) is 10.3 Å². The summed E-state index contributed by atoms with van der Waals surface area (Å²) < 4.78 is 27.5. The molecule has 9 heteroatoms. The van der Waals surface area contributed by atoms with Crippen molar-refractivity contribution in [2.24, 2.45) is 0 Å². The van der Waals surface area contributed by atoms with Crippen LogP contribution in [0, 0.1) is 11.6 Å². The first-order valence-electron chi connectivity index (χ1n) is 8.08. The highest BCUT2D eigenvalue weighted by Crippen LogP contribution is 2.41. The first-order valence-corrected chi connectivity index (χ1v) is 8.46. The van der Waals surface area contributed by atoms with Crippen molar-refractivity contribution in [1.82, 2.24) is 10.3 Å². The molecule has 0 radical (unpaired) electrons. The maximum atomic E-state index is 13.7. The maximum Gasteiger partial charge on any atom is 0.405 e. The Hall–Kier alpha value is -2.74. The maximum absolute atomic E-state index is 13.7. The van der Waals surface area contributed by atoms with Crippen LogP contribution in [0.5, 0.6) is 0 Å². The second kappa shape index (κ2) is 7.11. The minimum absolute atomic E-state index is 0.0135. The van der Waals surface area contributed by atoms with Crippen molar-refractivity contribution in [2.75, 3.05) is 18.0 Å². The van der Waals surface area contributed by atoms with Crippen LogP contribution in [-0.4, -0.2) is 41.1 Å². The van der Waals surface area contributed by atoms with E-state index in [-0.39, 0.29) is 28.4 Å². The third kappa shape index (κ3) is 3.85. The molecule has 1 saturated heterocycles. The van der Waals surface area contributed by atoms with Gasteiger partial charge in [-0.2, -0.15) is 0 Å². The van der Waals surface area contributed by atoms with E-state index in [0.29, 0.717) is 24.9 Å². The molecule has 6 nitrogen and oxygen atoms in total. The van der Waals surface area contributed by atoms with Gasteiger partial charge in [0.05, 0.1) is 16.8 Å². The minimum atomic E-state index is -1.16. The molecule has 1 atom stereocenters. The quantitative estimate of drug-likeness (QED) is 0.609. The summed E-state index contributed by atoms with van der Waals surface area (Å²) in [5.41, 5.74) is 0.180. The van der Waals surface area contributed by atoms with E-state index in [9.17, 15) is 18.4 Å². The van der Waals surface area contributed by atoms with Crippen molar-refractivity contribution in [1.29, 1.82) is 0 Å². The Labute approximate surface area is 158 Å². The van der Waals surface area contributed by atoms with Gasteiger partial charge >= 0.3 is 6.09 Å². The number of carboxylic acid groups (broad SMARTS) is 1. The number of nitrogens with one attached hydrogen (secondary N) is 1. The zero-order valence-corrected chi connectivity index (χ0v) is 15.1. The van der Waals surface area contributed by atoms with Gasteiger partial charge in [-0.25, -0.2) is 18.6 Å². The fourth-order valence-electron chi connectivity index (χ4n) is 3.39. The molecule has 1 fully saturated rings. The molecular weight excluding hydrogens is 380 g/mol. The van der Waals surface area contributed by atoms with Crippen LogP contribution < -0.4 is 10.2 Å². The van der Waals surface area contributed by atoms with Crippen molar-refractivity contribution >= 4 is 29.7 Å². The summed E-state index contributed by atoms with van der Waals surface area (Å²) in [6.07, 6.45) is 1.19. The van der Waals surface area contributed by atoms with Gasteiger partial charge in [0.25, 0.3) is 0 Å². The smallest absolute Gasteiger partial charge is 0.405 e. The van der Waals surface area contributed by atoms with Crippen LogP contribution in [0.15, 0.2) is 24.4 Å². The summed E-state index contributed by atoms with van der Waals surface area (Å²) in [5, 5.41) is 11.5. The number of anilines is 1. The van der Waals surface area contributed by atoms with Gasteiger partial charge < -0.3 is 15.3 Å². The number of pyridine rings is 1. The molecule has 0 saturated carbocycles. The summed E-state index contributed by atoms with van der Waals surface area (Å²) >= 11 is 6.22. The zero-order chi connectivity index (χ0) is 19.8. The highest BCUT2D eigenvalue weighted by molar-refractivity contribution is 6.33. The highest BCUT2D eigenvalue weighted by Gasteiger charge is 2.37. The SMILES string of the molecule is CC1(NC(=O)O)CCN(c2c(C=O)cnc(Cl)c2-c2cc(F)cc(F)c2)C1. The molecule has 142 valence electrons. The Morgan fingerprint density at radius 2 is 2.04 bits per heavy atom. The predicted molar refractivity (Wildman–Crippen MR) is 96.4 cm³/mol. The Morgan fingerprint density at radius 3 is 2.63 bits per heavy atom. The highest BCUT2D eigenvalue weighted by atomic mass is 35.5. The average molecular weight is 396 g/mol. The molecule has 0 aliphatic carbocycles. The number of rotatable bonds is 4. The van der Waals surface area contributed by atoms with Crippen molar-refractivity contribution in [3.05, 3.63) is 46.7 Å². The van der Waals surface area contributed by atoms with Gasteiger partial charge in [0.15, 0.2) is 6.29 Å². The number of aldehydes is 1. The van der Waals surface area contributed by atoms with Crippen LogP contribution >= 0.6 is 11.6 Å². The number of carbonyl (C=O) groups is 2. The molecule has 1 amide bonds. The molecule has 2 aromatic rings. The summed E-state index contributed by atoms with van der Waals surface area (Å²) in [4.78, 5) is 28.4. The summed E-state index contributed by atoms with van der Waals surface area (Å²) in [6.45, 7) is 2.42. The zero-order valence-electron chi connectivity index (χ0n) is 14.3. The molecule has 1 aliphatic heterocycles. The Morgan fingerprint density at radius 1 is 1.37 bits per heavy atom. The third-order valence-corrected chi connectivity index (χ3v) is 4.80. The topological polar surface area (TPSA) is 82.5 Å². The van der Waals surface area contributed by atoms with E-state index in [1.54, 1.807) is 11.8 Å². The standard InChI is InChI=1S/C18H16ClF2N3O3/c1-18(23-17(26)27)2-3-24(9-18)15-11(8-25)7-22-16(19)14(15)10-4-12(20)6-13(21)5-10/h4-8,23H,2-3,9H2,1H3,(H,26,27). The van der Waals surface area contributed by atoms with Gasteiger partial charge in [-0.05, 0) is 31.0 Å². The summed E-state index contributed by atoms with van der Waals surface area (Å²) in [6, 6.07) is 2.95. The van der Waals surface area contributed by atoms with Gasteiger partial charge in [-0.3, -0.25) is 4.79 Å². The van der Waals surface area contributed by atoms with E-state index < -0.39 is 23.3 Å². The molecule has 0 spiro atoms. The average Bonchev–Trinajstić information content (AvgIpc) is 2.94. The number of halogens is 3. The van der Waals surface area contributed by atoms with Crippen LogP contribution in [0.1, 0.15) is 23.7 Å². The lowest BCUT2D eigenvalue weighted by Crippen LogP contribution is -2.47. The number of amides is 1. The number of aromatic nitrogens is 1. The number of nitrogens with zero attached hydrogens (tertiary/aromatic N) is 2. The molecule has 2 N–H and O–H groups in total. The Balaban J connectivity index is 2.14. The molecule has 1 unspecified atom stereocenters. The van der Waals surface area contributed by atoms with Gasteiger partial charge in [-0.1, -0.05) is 11.6 Å². The van der Waals surface area contributed by atoms with Crippen LogP contribution in [0.3, 0.4) is 0 Å². The minimum Gasteiger partial charge on any atom is -0.465 e. The second-order valence-electron chi connectivity index (χ2n) is 6.67.